The lowest BCUT2D eigenvalue weighted by Gasteiger charge is -2.05. The number of pyridine rings is 1. The van der Waals surface area contributed by atoms with E-state index in [1.165, 1.54) is 23.5 Å². The Labute approximate surface area is 102 Å². The Kier molecular flexibility index (Phi) is 7.01. The van der Waals surface area contributed by atoms with Crippen molar-refractivity contribution in [1.82, 2.24) is 10.3 Å². The molecule has 0 unspecified atom stereocenters. The molecule has 1 aromatic heterocycles. The molecule has 1 N–H and O–H groups in total. The lowest BCUT2D eigenvalue weighted by molar-refractivity contribution is 0.397. The van der Waals surface area contributed by atoms with Crippen LogP contribution in [0.15, 0.2) is 18.3 Å². The zero-order chi connectivity index (χ0) is 11.6. The Balaban J connectivity index is 2.12. The number of ether oxygens (including phenoxy) is 1. The minimum Gasteiger partial charge on any atom is -0.481 e. The van der Waals surface area contributed by atoms with Crippen molar-refractivity contribution < 1.29 is 4.74 Å². The van der Waals surface area contributed by atoms with Crippen LogP contribution in [0.2, 0.25) is 0 Å². The summed E-state index contributed by atoms with van der Waals surface area (Å²) >= 11 is 1.99. The summed E-state index contributed by atoms with van der Waals surface area (Å²) < 4.78 is 5.00. The smallest absolute Gasteiger partial charge is 0.212 e. The molecule has 0 aliphatic rings. The average molecular weight is 240 g/mol. The summed E-state index contributed by atoms with van der Waals surface area (Å²) in [7, 11) is 1.63. The van der Waals surface area contributed by atoms with Gasteiger partial charge in [0.25, 0.3) is 0 Å². The topological polar surface area (TPSA) is 34.1 Å². The molecule has 0 saturated carbocycles. The van der Waals surface area contributed by atoms with Gasteiger partial charge in [0.1, 0.15) is 0 Å². The van der Waals surface area contributed by atoms with Crippen molar-refractivity contribution in [3.05, 3.63) is 23.9 Å². The van der Waals surface area contributed by atoms with Gasteiger partial charge >= 0.3 is 0 Å². The number of thioether (sulfide) groups is 1. The molecule has 16 heavy (non-hydrogen) atoms. The number of nitrogens with zero attached hydrogens (tertiary/aromatic N) is 1. The second-order valence-corrected chi connectivity index (χ2v) is 4.83. The Morgan fingerprint density at radius 1 is 1.44 bits per heavy atom. The molecule has 0 spiro atoms. The molecule has 0 aliphatic carbocycles. The van der Waals surface area contributed by atoms with Crippen molar-refractivity contribution in [2.45, 2.75) is 19.9 Å². The third-order valence-electron chi connectivity index (χ3n) is 2.18. The Morgan fingerprint density at radius 2 is 2.31 bits per heavy atom. The summed E-state index contributed by atoms with van der Waals surface area (Å²) in [4.78, 5) is 4.16. The van der Waals surface area contributed by atoms with Crippen LogP contribution >= 0.6 is 11.8 Å². The highest BCUT2D eigenvalue weighted by Crippen LogP contribution is 2.06. The maximum Gasteiger partial charge on any atom is 0.212 e. The SMILES string of the molecule is CCSCCCNCc1ccc(OC)nc1. The second kappa shape index (κ2) is 8.42. The summed E-state index contributed by atoms with van der Waals surface area (Å²) in [6.07, 6.45) is 3.08. The van der Waals surface area contributed by atoms with E-state index in [1.54, 1.807) is 7.11 Å². The summed E-state index contributed by atoms with van der Waals surface area (Å²) in [6, 6.07) is 3.93. The predicted molar refractivity (Wildman–Crippen MR) is 70.1 cm³/mol. The third-order valence-corrected chi connectivity index (χ3v) is 3.17. The fourth-order valence-corrected chi connectivity index (χ4v) is 1.95. The maximum absolute atomic E-state index is 5.00. The molecule has 0 aromatic carbocycles. The van der Waals surface area contributed by atoms with E-state index in [0.29, 0.717) is 5.88 Å². The van der Waals surface area contributed by atoms with E-state index in [9.17, 15) is 0 Å². The minimum absolute atomic E-state index is 0.670. The average Bonchev–Trinajstić information content (AvgIpc) is 2.34. The van der Waals surface area contributed by atoms with Crippen LogP contribution in [0.1, 0.15) is 18.9 Å². The van der Waals surface area contributed by atoms with Crippen LogP contribution in [0.5, 0.6) is 5.88 Å². The molecule has 3 nitrogen and oxygen atoms in total. The van der Waals surface area contributed by atoms with Gasteiger partial charge in [-0.3, -0.25) is 0 Å². The van der Waals surface area contributed by atoms with Crippen LogP contribution in [0.3, 0.4) is 0 Å². The monoisotopic (exact) mass is 240 g/mol. The number of rotatable bonds is 8. The lowest BCUT2D eigenvalue weighted by atomic mass is 10.3. The van der Waals surface area contributed by atoms with Crippen LogP contribution in [0, 0.1) is 0 Å². The largest absolute Gasteiger partial charge is 0.481 e. The molecule has 0 radical (unpaired) electrons. The first-order chi connectivity index (χ1) is 7.86. The van der Waals surface area contributed by atoms with Crippen molar-refractivity contribution in [2.75, 3.05) is 25.2 Å². The van der Waals surface area contributed by atoms with Crippen LogP contribution in [-0.4, -0.2) is 30.1 Å². The fourth-order valence-electron chi connectivity index (χ4n) is 1.31. The molecule has 0 aliphatic heterocycles. The zero-order valence-electron chi connectivity index (χ0n) is 10.0. The Hall–Kier alpha value is -0.740. The quantitative estimate of drug-likeness (QED) is 0.707. The fraction of sp³-hybridized carbons (Fsp3) is 0.583. The third kappa shape index (κ3) is 5.37. The van der Waals surface area contributed by atoms with Crippen molar-refractivity contribution in [3.63, 3.8) is 0 Å². The molecule has 4 heteroatoms. The Morgan fingerprint density at radius 3 is 2.94 bits per heavy atom. The Bertz CT molecular complexity index is 277. The van der Waals surface area contributed by atoms with Gasteiger partial charge in [0.15, 0.2) is 0 Å². The number of methoxy groups -OCH3 is 1. The van der Waals surface area contributed by atoms with Gasteiger partial charge in [-0.25, -0.2) is 4.98 Å². The van der Waals surface area contributed by atoms with Gasteiger partial charge in [-0.1, -0.05) is 13.0 Å². The van der Waals surface area contributed by atoms with Crippen molar-refractivity contribution in [1.29, 1.82) is 0 Å². The van der Waals surface area contributed by atoms with Crippen molar-refractivity contribution >= 4 is 11.8 Å². The number of nitrogens with one attached hydrogen (secondary N) is 1. The van der Waals surface area contributed by atoms with E-state index in [2.05, 4.69) is 17.2 Å². The van der Waals surface area contributed by atoms with Gasteiger partial charge in [-0.05, 0) is 30.0 Å². The predicted octanol–water partition coefficient (Wildman–Crippen LogP) is 2.32. The molecular weight excluding hydrogens is 220 g/mol. The van der Waals surface area contributed by atoms with E-state index in [0.717, 1.165) is 13.1 Å². The van der Waals surface area contributed by atoms with Gasteiger partial charge < -0.3 is 10.1 Å². The molecule has 0 bridgehead atoms. The highest BCUT2D eigenvalue weighted by molar-refractivity contribution is 7.99. The molecule has 1 rings (SSSR count). The van der Waals surface area contributed by atoms with Crippen LogP contribution in [0.25, 0.3) is 0 Å². The summed E-state index contributed by atoms with van der Waals surface area (Å²) in [5.74, 6) is 3.12. The standard InChI is InChI=1S/C12H20N2OS/c1-3-16-8-4-7-13-9-11-5-6-12(15-2)14-10-11/h5-6,10,13H,3-4,7-9H2,1-2H3. The first kappa shape index (κ1) is 13.3. The molecule has 0 amide bonds. The second-order valence-electron chi connectivity index (χ2n) is 3.44. The maximum atomic E-state index is 5.00. The molecule has 90 valence electrons. The van der Waals surface area contributed by atoms with Gasteiger partial charge in [-0.15, -0.1) is 0 Å². The van der Waals surface area contributed by atoms with Crippen LogP contribution in [-0.2, 0) is 6.54 Å². The zero-order valence-corrected chi connectivity index (χ0v) is 10.8. The lowest BCUT2D eigenvalue weighted by Crippen LogP contribution is -2.15. The van der Waals surface area contributed by atoms with E-state index < -0.39 is 0 Å². The van der Waals surface area contributed by atoms with E-state index in [1.807, 2.05) is 30.1 Å². The van der Waals surface area contributed by atoms with Crippen molar-refractivity contribution in [3.8, 4) is 5.88 Å². The molecule has 0 saturated heterocycles. The summed E-state index contributed by atoms with van der Waals surface area (Å²) in [5, 5.41) is 3.40. The number of aromatic nitrogens is 1. The highest BCUT2D eigenvalue weighted by atomic mass is 32.2. The highest BCUT2D eigenvalue weighted by Gasteiger charge is 1.95. The van der Waals surface area contributed by atoms with Gasteiger partial charge in [-0.2, -0.15) is 11.8 Å². The van der Waals surface area contributed by atoms with Gasteiger partial charge in [0, 0.05) is 18.8 Å². The molecule has 0 fully saturated rings. The molecular formula is C12H20N2OS. The van der Waals surface area contributed by atoms with Crippen LogP contribution < -0.4 is 10.1 Å². The van der Waals surface area contributed by atoms with E-state index in [-0.39, 0.29) is 0 Å². The van der Waals surface area contributed by atoms with Crippen molar-refractivity contribution in [2.24, 2.45) is 0 Å². The number of hydrogen-bond acceptors (Lipinski definition) is 4. The van der Waals surface area contributed by atoms with E-state index >= 15 is 0 Å². The first-order valence-corrected chi connectivity index (χ1v) is 6.79. The summed E-state index contributed by atoms with van der Waals surface area (Å²) in [6.45, 7) is 4.15. The summed E-state index contributed by atoms with van der Waals surface area (Å²) in [5.41, 5.74) is 1.20. The van der Waals surface area contributed by atoms with Gasteiger partial charge in [0.05, 0.1) is 7.11 Å². The molecule has 0 atom stereocenters. The van der Waals surface area contributed by atoms with Crippen LogP contribution in [0.4, 0.5) is 0 Å². The minimum atomic E-state index is 0.670. The normalized spacial score (nSPS) is 10.4. The van der Waals surface area contributed by atoms with E-state index in [4.69, 9.17) is 4.74 Å². The first-order valence-electron chi connectivity index (χ1n) is 5.64. The molecule has 1 heterocycles. The number of hydrogen-bond donors (Lipinski definition) is 1. The molecule has 1 aromatic rings. The van der Waals surface area contributed by atoms with Gasteiger partial charge in [0.2, 0.25) is 5.88 Å².